The van der Waals surface area contributed by atoms with E-state index < -0.39 is 5.97 Å². The van der Waals surface area contributed by atoms with E-state index in [-0.39, 0.29) is 12.5 Å². The molecule has 0 fully saturated rings. The Morgan fingerprint density at radius 2 is 1.91 bits per heavy atom. The molecule has 0 saturated heterocycles. The molecule has 0 atom stereocenters. The second-order valence-corrected chi connectivity index (χ2v) is 6.83. The standard InChI is InChI=1S/C16H15Cl2NO3S/c1-4-22-16(21)13-8(2)9(3)23-15(13)19-14(20)10-5-6-11(17)12(18)7-10/h5-7H,4H2,1-3H3,(H,19,20). The molecule has 0 aliphatic heterocycles. The lowest BCUT2D eigenvalue weighted by Crippen LogP contribution is -2.14. The molecule has 0 spiro atoms. The minimum Gasteiger partial charge on any atom is -0.462 e. The van der Waals surface area contributed by atoms with E-state index in [2.05, 4.69) is 5.32 Å². The van der Waals surface area contributed by atoms with Crippen LogP contribution in [0.25, 0.3) is 0 Å². The summed E-state index contributed by atoms with van der Waals surface area (Å²) in [4.78, 5) is 25.4. The van der Waals surface area contributed by atoms with Crippen LogP contribution in [-0.4, -0.2) is 18.5 Å². The van der Waals surface area contributed by atoms with Crippen molar-refractivity contribution in [1.29, 1.82) is 0 Å². The van der Waals surface area contributed by atoms with Gasteiger partial charge in [0.2, 0.25) is 0 Å². The van der Waals surface area contributed by atoms with Crippen LogP contribution in [-0.2, 0) is 4.74 Å². The van der Waals surface area contributed by atoms with E-state index in [4.69, 9.17) is 27.9 Å². The first-order chi connectivity index (χ1) is 10.8. The Balaban J connectivity index is 2.32. The molecule has 0 aliphatic carbocycles. The van der Waals surface area contributed by atoms with Crippen molar-refractivity contribution in [3.8, 4) is 0 Å². The smallest absolute Gasteiger partial charge is 0.341 e. The van der Waals surface area contributed by atoms with Gasteiger partial charge in [-0.25, -0.2) is 4.79 Å². The SMILES string of the molecule is CCOC(=O)c1c(NC(=O)c2ccc(Cl)c(Cl)c2)sc(C)c1C. The number of nitrogens with one attached hydrogen (secondary N) is 1. The van der Waals surface area contributed by atoms with E-state index in [1.54, 1.807) is 19.1 Å². The number of thiophene rings is 1. The Kier molecular flexibility index (Phi) is 5.68. The predicted molar refractivity (Wildman–Crippen MR) is 94.2 cm³/mol. The van der Waals surface area contributed by atoms with E-state index in [1.165, 1.54) is 17.4 Å². The number of amides is 1. The minimum absolute atomic E-state index is 0.271. The Labute approximate surface area is 148 Å². The molecule has 0 bridgehead atoms. The molecule has 7 heteroatoms. The van der Waals surface area contributed by atoms with E-state index in [9.17, 15) is 9.59 Å². The molecule has 0 unspecified atom stereocenters. The van der Waals surface area contributed by atoms with Crippen molar-refractivity contribution in [3.05, 3.63) is 49.8 Å². The predicted octanol–water partition coefficient (Wildman–Crippen LogP) is 5.10. The molecule has 2 rings (SSSR count). The number of carbonyl (C=O) groups is 2. The van der Waals surface area contributed by atoms with Crippen LogP contribution in [0.2, 0.25) is 10.0 Å². The zero-order valence-electron chi connectivity index (χ0n) is 12.8. The van der Waals surface area contributed by atoms with Crippen LogP contribution in [0, 0.1) is 13.8 Å². The number of carbonyl (C=O) groups excluding carboxylic acids is 2. The van der Waals surface area contributed by atoms with Crippen molar-refractivity contribution in [2.45, 2.75) is 20.8 Å². The summed E-state index contributed by atoms with van der Waals surface area (Å²) in [6, 6.07) is 4.60. The maximum absolute atomic E-state index is 12.4. The van der Waals surface area contributed by atoms with Crippen LogP contribution in [0.4, 0.5) is 5.00 Å². The first-order valence-electron chi connectivity index (χ1n) is 6.88. The number of rotatable bonds is 4. The molecule has 0 radical (unpaired) electrons. The van der Waals surface area contributed by atoms with Gasteiger partial charge in [-0.2, -0.15) is 0 Å². The van der Waals surface area contributed by atoms with E-state index in [0.717, 1.165) is 10.4 Å². The number of hydrogen-bond donors (Lipinski definition) is 1. The number of benzene rings is 1. The number of hydrogen-bond acceptors (Lipinski definition) is 4. The number of aryl methyl sites for hydroxylation is 1. The Bertz CT molecular complexity index is 771. The van der Waals surface area contributed by atoms with Gasteiger partial charge in [0.25, 0.3) is 5.91 Å². The van der Waals surface area contributed by atoms with Crippen LogP contribution < -0.4 is 5.32 Å². The molecule has 0 aliphatic rings. The lowest BCUT2D eigenvalue weighted by atomic mass is 10.1. The molecule has 1 heterocycles. The van der Waals surface area contributed by atoms with Crippen LogP contribution >= 0.6 is 34.5 Å². The third-order valence-electron chi connectivity index (χ3n) is 3.27. The topological polar surface area (TPSA) is 55.4 Å². The molecule has 1 N–H and O–H groups in total. The second kappa shape index (κ2) is 7.34. The van der Waals surface area contributed by atoms with Crippen molar-refractivity contribution in [3.63, 3.8) is 0 Å². The molecule has 23 heavy (non-hydrogen) atoms. The van der Waals surface area contributed by atoms with Gasteiger partial charge in [0.1, 0.15) is 5.00 Å². The van der Waals surface area contributed by atoms with Crippen molar-refractivity contribution in [2.24, 2.45) is 0 Å². The Morgan fingerprint density at radius 3 is 2.52 bits per heavy atom. The van der Waals surface area contributed by atoms with E-state index in [1.807, 2.05) is 13.8 Å². The largest absolute Gasteiger partial charge is 0.462 e. The van der Waals surface area contributed by atoms with Gasteiger partial charge < -0.3 is 10.1 Å². The average molecular weight is 372 g/mol. The molecule has 1 aromatic carbocycles. The maximum Gasteiger partial charge on any atom is 0.341 e. The fraction of sp³-hybridized carbons (Fsp3) is 0.250. The Hall–Kier alpha value is -1.56. The third-order valence-corrected chi connectivity index (χ3v) is 5.14. The van der Waals surface area contributed by atoms with Gasteiger partial charge in [-0.15, -0.1) is 11.3 Å². The summed E-state index contributed by atoms with van der Waals surface area (Å²) in [5.41, 5.74) is 1.55. The molecule has 2 aromatic rings. The van der Waals surface area contributed by atoms with Gasteiger partial charge in [-0.1, -0.05) is 23.2 Å². The van der Waals surface area contributed by atoms with Crippen molar-refractivity contribution >= 4 is 51.4 Å². The Morgan fingerprint density at radius 1 is 1.22 bits per heavy atom. The lowest BCUT2D eigenvalue weighted by Gasteiger charge is -2.08. The van der Waals surface area contributed by atoms with Crippen molar-refractivity contribution in [1.82, 2.24) is 0 Å². The lowest BCUT2D eigenvalue weighted by molar-refractivity contribution is 0.0527. The molecule has 122 valence electrons. The number of esters is 1. The minimum atomic E-state index is -0.446. The fourth-order valence-corrected chi connectivity index (χ4v) is 3.32. The quantitative estimate of drug-likeness (QED) is 0.760. The first kappa shape index (κ1) is 17.8. The molecule has 0 saturated carbocycles. The normalized spacial score (nSPS) is 10.5. The molecule has 4 nitrogen and oxygen atoms in total. The number of ether oxygens (including phenoxy) is 1. The highest BCUT2D eigenvalue weighted by molar-refractivity contribution is 7.16. The highest BCUT2D eigenvalue weighted by Crippen LogP contribution is 2.33. The van der Waals surface area contributed by atoms with E-state index in [0.29, 0.717) is 26.2 Å². The fourth-order valence-electron chi connectivity index (χ4n) is 1.98. The van der Waals surface area contributed by atoms with Gasteiger partial charge in [-0.3, -0.25) is 4.79 Å². The van der Waals surface area contributed by atoms with Crippen LogP contribution in [0.1, 0.15) is 38.1 Å². The molecule has 1 aromatic heterocycles. The van der Waals surface area contributed by atoms with Crippen molar-refractivity contribution < 1.29 is 14.3 Å². The zero-order chi connectivity index (χ0) is 17.1. The summed E-state index contributed by atoms with van der Waals surface area (Å²) in [5.74, 6) is -0.811. The van der Waals surface area contributed by atoms with Crippen LogP contribution in [0.15, 0.2) is 18.2 Å². The average Bonchev–Trinajstić information content (AvgIpc) is 2.76. The molecular weight excluding hydrogens is 357 g/mol. The zero-order valence-corrected chi connectivity index (χ0v) is 15.2. The first-order valence-corrected chi connectivity index (χ1v) is 8.45. The van der Waals surface area contributed by atoms with Gasteiger partial charge in [0, 0.05) is 10.4 Å². The third kappa shape index (κ3) is 3.86. The summed E-state index contributed by atoms with van der Waals surface area (Å²) in [7, 11) is 0. The van der Waals surface area contributed by atoms with Gasteiger partial charge in [0.05, 0.1) is 22.2 Å². The highest BCUT2D eigenvalue weighted by Gasteiger charge is 2.22. The van der Waals surface area contributed by atoms with Crippen LogP contribution in [0.5, 0.6) is 0 Å². The summed E-state index contributed by atoms with van der Waals surface area (Å²) in [5, 5.41) is 3.89. The monoisotopic (exact) mass is 371 g/mol. The summed E-state index contributed by atoms with van der Waals surface area (Å²) in [6.45, 7) is 5.72. The van der Waals surface area contributed by atoms with Crippen LogP contribution in [0.3, 0.4) is 0 Å². The second-order valence-electron chi connectivity index (χ2n) is 4.79. The van der Waals surface area contributed by atoms with Crippen molar-refractivity contribution in [2.75, 3.05) is 11.9 Å². The number of anilines is 1. The van der Waals surface area contributed by atoms with E-state index >= 15 is 0 Å². The summed E-state index contributed by atoms with van der Waals surface area (Å²) in [6.07, 6.45) is 0. The van der Waals surface area contributed by atoms with Gasteiger partial charge in [-0.05, 0) is 44.5 Å². The molecule has 1 amide bonds. The number of halogens is 2. The molecular formula is C16H15Cl2NO3S. The van der Waals surface area contributed by atoms with Gasteiger partial charge in [0.15, 0.2) is 0 Å². The summed E-state index contributed by atoms with van der Waals surface area (Å²) >= 11 is 13.1. The maximum atomic E-state index is 12.4. The highest BCUT2D eigenvalue weighted by atomic mass is 35.5. The summed E-state index contributed by atoms with van der Waals surface area (Å²) < 4.78 is 5.06. The van der Waals surface area contributed by atoms with Gasteiger partial charge >= 0.3 is 5.97 Å².